The second-order valence-electron chi connectivity index (χ2n) is 5.51. The molecule has 0 amide bonds. The van der Waals surface area contributed by atoms with Gasteiger partial charge in [0.15, 0.2) is 5.13 Å². The molecule has 1 aliphatic heterocycles. The highest BCUT2D eigenvalue weighted by atomic mass is 32.2. The number of anilines is 2. The predicted molar refractivity (Wildman–Crippen MR) is 93.5 cm³/mol. The molecule has 1 aliphatic rings. The van der Waals surface area contributed by atoms with Gasteiger partial charge in [0.2, 0.25) is 10.0 Å². The summed E-state index contributed by atoms with van der Waals surface area (Å²) in [5, 5.41) is 6.16. The normalized spacial score (nSPS) is 18.0. The maximum atomic E-state index is 11.2. The summed E-state index contributed by atoms with van der Waals surface area (Å²) in [6.07, 6.45) is 3.64. The van der Waals surface area contributed by atoms with E-state index in [2.05, 4.69) is 15.0 Å². The number of nitrogens with one attached hydrogen (secondary N) is 2. The van der Waals surface area contributed by atoms with Crippen molar-refractivity contribution in [1.29, 1.82) is 0 Å². The van der Waals surface area contributed by atoms with Crippen molar-refractivity contribution in [3.8, 4) is 11.3 Å². The van der Waals surface area contributed by atoms with Crippen LogP contribution in [0.25, 0.3) is 11.3 Å². The van der Waals surface area contributed by atoms with Crippen LogP contribution in [0.4, 0.5) is 10.8 Å². The van der Waals surface area contributed by atoms with Gasteiger partial charge in [-0.15, -0.1) is 11.3 Å². The highest BCUT2D eigenvalue weighted by Crippen LogP contribution is 2.26. The minimum Gasteiger partial charge on any atom is -0.376 e. The molecule has 0 radical (unpaired) electrons. The number of thiazole rings is 1. The van der Waals surface area contributed by atoms with Gasteiger partial charge in [-0.2, -0.15) is 0 Å². The summed E-state index contributed by atoms with van der Waals surface area (Å²) in [7, 11) is -3.25. The van der Waals surface area contributed by atoms with Crippen LogP contribution in [0.5, 0.6) is 0 Å². The van der Waals surface area contributed by atoms with Crippen LogP contribution in [0.2, 0.25) is 0 Å². The first kappa shape index (κ1) is 16.2. The second-order valence-corrected chi connectivity index (χ2v) is 8.11. The molecule has 8 heteroatoms. The smallest absolute Gasteiger partial charge is 0.229 e. The third kappa shape index (κ3) is 4.66. The number of ether oxygens (including phenoxy) is 1. The Kier molecular flexibility index (Phi) is 4.84. The summed E-state index contributed by atoms with van der Waals surface area (Å²) in [5.74, 6) is 0. The minimum absolute atomic E-state index is 0.281. The number of hydrogen-bond donors (Lipinski definition) is 2. The first-order valence-electron chi connectivity index (χ1n) is 7.39. The number of rotatable bonds is 6. The van der Waals surface area contributed by atoms with Crippen molar-refractivity contribution in [2.24, 2.45) is 0 Å². The van der Waals surface area contributed by atoms with E-state index in [1.54, 1.807) is 23.5 Å². The summed E-state index contributed by atoms with van der Waals surface area (Å²) < 4.78 is 30.4. The molecule has 0 spiro atoms. The lowest BCUT2D eigenvalue weighted by Crippen LogP contribution is -2.18. The molecular weight excluding hydrogens is 334 g/mol. The quantitative estimate of drug-likeness (QED) is 0.835. The summed E-state index contributed by atoms with van der Waals surface area (Å²) in [5.41, 5.74) is 2.37. The van der Waals surface area contributed by atoms with Crippen molar-refractivity contribution in [2.45, 2.75) is 18.9 Å². The number of benzene rings is 1. The van der Waals surface area contributed by atoms with Crippen molar-refractivity contribution in [1.82, 2.24) is 4.98 Å². The van der Waals surface area contributed by atoms with Gasteiger partial charge in [-0.3, -0.25) is 4.72 Å². The Hall–Kier alpha value is -1.64. The van der Waals surface area contributed by atoms with E-state index in [0.717, 1.165) is 48.6 Å². The lowest BCUT2D eigenvalue weighted by atomic mass is 10.1. The maximum absolute atomic E-state index is 11.2. The van der Waals surface area contributed by atoms with Crippen LogP contribution in [0.1, 0.15) is 12.8 Å². The van der Waals surface area contributed by atoms with Crippen LogP contribution in [0, 0.1) is 0 Å². The van der Waals surface area contributed by atoms with Gasteiger partial charge < -0.3 is 10.1 Å². The number of hydrogen-bond acceptors (Lipinski definition) is 6. The Morgan fingerprint density at radius 2 is 2.13 bits per heavy atom. The van der Waals surface area contributed by atoms with Gasteiger partial charge >= 0.3 is 0 Å². The highest BCUT2D eigenvalue weighted by Gasteiger charge is 2.15. The molecule has 0 bridgehead atoms. The van der Waals surface area contributed by atoms with Crippen molar-refractivity contribution in [2.75, 3.05) is 29.4 Å². The molecule has 1 aromatic carbocycles. The van der Waals surface area contributed by atoms with E-state index in [-0.39, 0.29) is 6.10 Å². The van der Waals surface area contributed by atoms with Crippen LogP contribution in [0.3, 0.4) is 0 Å². The molecule has 1 aromatic heterocycles. The third-order valence-electron chi connectivity index (χ3n) is 3.49. The second kappa shape index (κ2) is 6.86. The largest absolute Gasteiger partial charge is 0.376 e. The molecule has 0 saturated carbocycles. The van der Waals surface area contributed by atoms with E-state index in [9.17, 15) is 8.42 Å². The van der Waals surface area contributed by atoms with Crippen LogP contribution in [0.15, 0.2) is 29.6 Å². The molecule has 2 aromatic rings. The van der Waals surface area contributed by atoms with Crippen molar-refractivity contribution >= 4 is 32.2 Å². The molecule has 23 heavy (non-hydrogen) atoms. The number of aromatic nitrogens is 1. The average molecular weight is 353 g/mol. The first-order chi connectivity index (χ1) is 11.0. The maximum Gasteiger partial charge on any atom is 0.229 e. The van der Waals surface area contributed by atoms with Gasteiger partial charge in [-0.25, -0.2) is 13.4 Å². The lowest BCUT2D eigenvalue weighted by Gasteiger charge is -2.09. The SMILES string of the molecule is CS(=O)(=O)Nc1ccc(-c2csc(NC[C@@H]3CCCO3)n2)cc1. The van der Waals surface area contributed by atoms with E-state index in [0.29, 0.717) is 5.69 Å². The lowest BCUT2D eigenvalue weighted by molar-refractivity contribution is 0.120. The fraction of sp³-hybridized carbons (Fsp3) is 0.400. The topological polar surface area (TPSA) is 80.3 Å². The number of sulfonamides is 1. The van der Waals surface area contributed by atoms with E-state index in [1.165, 1.54) is 0 Å². The molecule has 2 heterocycles. The minimum atomic E-state index is -3.25. The Balaban J connectivity index is 1.62. The molecule has 1 saturated heterocycles. The molecule has 6 nitrogen and oxygen atoms in total. The molecule has 0 aliphatic carbocycles. The van der Waals surface area contributed by atoms with E-state index < -0.39 is 10.0 Å². The molecule has 3 rings (SSSR count). The number of nitrogens with zero attached hydrogens (tertiary/aromatic N) is 1. The Labute approximate surface area is 140 Å². The zero-order valence-corrected chi connectivity index (χ0v) is 14.4. The summed E-state index contributed by atoms with van der Waals surface area (Å²) in [4.78, 5) is 4.56. The zero-order chi connectivity index (χ0) is 16.3. The Morgan fingerprint density at radius 3 is 2.78 bits per heavy atom. The average Bonchev–Trinajstić information content (AvgIpc) is 3.16. The standard InChI is InChI=1S/C15H19N3O3S2/c1-23(19,20)18-12-6-4-11(5-7-12)14-10-22-15(17-14)16-9-13-3-2-8-21-13/h4-7,10,13,18H,2-3,8-9H2,1H3,(H,16,17)/t13-/m0/s1. The van der Waals surface area contributed by atoms with Crippen molar-refractivity contribution in [3.63, 3.8) is 0 Å². The predicted octanol–water partition coefficient (Wildman–Crippen LogP) is 2.77. The van der Waals surface area contributed by atoms with E-state index in [1.807, 2.05) is 17.5 Å². The van der Waals surface area contributed by atoms with Crippen molar-refractivity contribution < 1.29 is 13.2 Å². The monoisotopic (exact) mass is 353 g/mol. The molecule has 1 fully saturated rings. The molecular formula is C15H19N3O3S2. The fourth-order valence-corrected chi connectivity index (χ4v) is 3.71. The van der Waals surface area contributed by atoms with Gasteiger partial charge in [-0.05, 0) is 25.0 Å². The first-order valence-corrected chi connectivity index (χ1v) is 10.2. The highest BCUT2D eigenvalue weighted by molar-refractivity contribution is 7.92. The molecule has 2 N–H and O–H groups in total. The summed E-state index contributed by atoms with van der Waals surface area (Å²) in [6, 6.07) is 7.17. The third-order valence-corrected chi connectivity index (χ3v) is 4.90. The molecule has 0 unspecified atom stereocenters. The summed E-state index contributed by atoms with van der Waals surface area (Å²) in [6.45, 7) is 1.63. The van der Waals surface area contributed by atoms with Crippen molar-refractivity contribution in [3.05, 3.63) is 29.6 Å². The fourth-order valence-electron chi connectivity index (χ4n) is 2.42. The van der Waals surface area contributed by atoms with E-state index >= 15 is 0 Å². The Morgan fingerprint density at radius 1 is 1.35 bits per heavy atom. The van der Waals surface area contributed by atoms with Gasteiger partial charge in [0, 0.05) is 29.8 Å². The molecule has 124 valence electrons. The van der Waals surface area contributed by atoms with Gasteiger partial charge in [-0.1, -0.05) is 12.1 Å². The summed E-state index contributed by atoms with van der Waals surface area (Å²) >= 11 is 1.55. The Bertz CT molecular complexity index is 751. The zero-order valence-electron chi connectivity index (χ0n) is 12.8. The van der Waals surface area contributed by atoms with Gasteiger partial charge in [0.25, 0.3) is 0 Å². The van der Waals surface area contributed by atoms with E-state index in [4.69, 9.17) is 4.74 Å². The van der Waals surface area contributed by atoms with Crippen LogP contribution >= 0.6 is 11.3 Å². The van der Waals surface area contributed by atoms with Crippen LogP contribution < -0.4 is 10.0 Å². The van der Waals surface area contributed by atoms with Crippen LogP contribution in [-0.2, 0) is 14.8 Å². The van der Waals surface area contributed by atoms with Crippen LogP contribution in [-0.4, -0.2) is 38.9 Å². The van der Waals surface area contributed by atoms with Gasteiger partial charge in [0.05, 0.1) is 18.1 Å². The van der Waals surface area contributed by atoms with Gasteiger partial charge in [0.1, 0.15) is 0 Å². The molecule has 1 atom stereocenters.